The van der Waals surface area contributed by atoms with Crippen LogP contribution in [-0.4, -0.2) is 30.1 Å². The molecule has 0 atom stereocenters. The molecule has 1 aromatic carbocycles. The summed E-state index contributed by atoms with van der Waals surface area (Å²) in [4.78, 5) is 16.3. The van der Waals surface area contributed by atoms with Crippen molar-refractivity contribution in [2.45, 2.75) is 18.8 Å². The third kappa shape index (κ3) is 2.84. The molecular formula is C17H15ClN8. The van der Waals surface area contributed by atoms with Gasteiger partial charge in [0.15, 0.2) is 17.3 Å². The highest BCUT2D eigenvalue weighted by atomic mass is 35.5. The van der Waals surface area contributed by atoms with Gasteiger partial charge in [-0.2, -0.15) is 15.1 Å². The Morgan fingerprint density at radius 1 is 1.12 bits per heavy atom. The van der Waals surface area contributed by atoms with Crippen LogP contribution in [0.3, 0.4) is 0 Å². The number of fused-ring (bicyclic) bond motifs is 1. The van der Waals surface area contributed by atoms with Gasteiger partial charge in [0.1, 0.15) is 5.52 Å². The van der Waals surface area contributed by atoms with Gasteiger partial charge in [0.05, 0.1) is 17.0 Å². The van der Waals surface area contributed by atoms with E-state index in [-0.39, 0.29) is 0 Å². The van der Waals surface area contributed by atoms with Crippen molar-refractivity contribution < 1.29 is 0 Å². The van der Waals surface area contributed by atoms with Crippen LogP contribution in [0.25, 0.3) is 11.2 Å². The normalized spacial score (nSPS) is 13.9. The number of halogens is 1. The number of nitrogens with one attached hydrogen (secondary N) is 4. The lowest BCUT2D eigenvalue weighted by Crippen LogP contribution is -2.02. The molecule has 4 N–H and O–H groups in total. The highest BCUT2D eigenvalue weighted by Gasteiger charge is 2.25. The first-order chi connectivity index (χ1) is 12.8. The van der Waals surface area contributed by atoms with Crippen LogP contribution in [-0.2, 0) is 0 Å². The second kappa shape index (κ2) is 5.99. The van der Waals surface area contributed by atoms with Crippen molar-refractivity contribution in [2.24, 2.45) is 0 Å². The average Bonchev–Trinajstić information content (AvgIpc) is 3.19. The van der Waals surface area contributed by atoms with E-state index in [1.54, 1.807) is 12.4 Å². The molecule has 8 nitrogen and oxygen atoms in total. The van der Waals surface area contributed by atoms with Crippen LogP contribution in [0.1, 0.15) is 24.5 Å². The van der Waals surface area contributed by atoms with E-state index < -0.39 is 0 Å². The maximum atomic E-state index is 6.21. The zero-order chi connectivity index (χ0) is 17.5. The van der Waals surface area contributed by atoms with Gasteiger partial charge in [-0.15, -0.1) is 0 Å². The van der Waals surface area contributed by atoms with Crippen LogP contribution < -0.4 is 10.6 Å². The van der Waals surface area contributed by atoms with Crippen molar-refractivity contribution in [2.75, 3.05) is 10.6 Å². The second-order valence-electron chi connectivity index (χ2n) is 6.21. The standard InChI is InChI=1S/C17H15ClN8/c18-10-3-1-2-4-11(10)21-17-23-15-14(19-8-20-15)16(24-17)22-13-7-12(25-26-13)9-5-6-9/h1-4,7-9H,5-6H2,(H4,19,20,21,22,23,24,25,26). The molecule has 9 heteroatoms. The van der Waals surface area contributed by atoms with Crippen molar-refractivity contribution >= 4 is 46.0 Å². The largest absolute Gasteiger partial charge is 0.340 e. The van der Waals surface area contributed by atoms with Crippen LogP contribution in [0.4, 0.5) is 23.3 Å². The van der Waals surface area contributed by atoms with Crippen molar-refractivity contribution in [3.05, 3.63) is 47.4 Å². The van der Waals surface area contributed by atoms with E-state index in [9.17, 15) is 0 Å². The summed E-state index contributed by atoms with van der Waals surface area (Å²) < 4.78 is 0. The van der Waals surface area contributed by atoms with Crippen LogP contribution in [0.5, 0.6) is 0 Å². The number of aromatic nitrogens is 6. The quantitative estimate of drug-likeness (QED) is 0.423. The maximum absolute atomic E-state index is 6.21. The SMILES string of the molecule is Clc1ccccc1Nc1nc(Nc2cc(C3CC3)[nH]n2)c2[nH]cnc2n1. The number of para-hydroxylation sites is 1. The Kier molecular flexibility index (Phi) is 3.49. The summed E-state index contributed by atoms with van der Waals surface area (Å²) in [6, 6.07) is 9.45. The fraction of sp³-hybridized carbons (Fsp3) is 0.176. The maximum Gasteiger partial charge on any atom is 0.231 e. The number of imidazole rings is 1. The van der Waals surface area contributed by atoms with Crippen molar-refractivity contribution in [3.8, 4) is 0 Å². The lowest BCUT2D eigenvalue weighted by atomic mass is 10.3. The van der Waals surface area contributed by atoms with E-state index >= 15 is 0 Å². The van der Waals surface area contributed by atoms with Crippen molar-refractivity contribution in [1.82, 2.24) is 30.1 Å². The third-order valence-electron chi connectivity index (χ3n) is 4.27. The number of aromatic amines is 2. The Labute approximate surface area is 153 Å². The Morgan fingerprint density at radius 3 is 2.85 bits per heavy atom. The molecule has 0 saturated heterocycles. The molecule has 26 heavy (non-hydrogen) atoms. The Hall–Kier alpha value is -3.13. The molecule has 0 unspecified atom stereocenters. The summed E-state index contributed by atoms with van der Waals surface area (Å²) in [5.74, 6) is 2.31. The van der Waals surface area contributed by atoms with Gasteiger partial charge < -0.3 is 15.6 Å². The van der Waals surface area contributed by atoms with Gasteiger partial charge in [-0.1, -0.05) is 23.7 Å². The van der Waals surface area contributed by atoms with Crippen LogP contribution in [0.2, 0.25) is 5.02 Å². The lowest BCUT2D eigenvalue weighted by molar-refractivity contribution is 0.966. The van der Waals surface area contributed by atoms with Gasteiger partial charge in [0.25, 0.3) is 0 Å². The molecule has 1 fully saturated rings. The molecular weight excluding hydrogens is 352 g/mol. The van der Waals surface area contributed by atoms with Crippen molar-refractivity contribution in [3.63, 3.8) is 0 Å². The summed E-state index contributed by atoms with van der Waals surface area (Å²) in [6.45, 7) is 0. The molecule has 3 heterocycles. The van der Waals surface area contributed by atoms with Crippen LogP contribution in [0, 0.1) is 0 Å². The first-order valence-electron chi connectivity index (χ1n) is 8.31. The molecule has 3 aromatic heterocycles. The molecule has 1 aliphatic rings. The van der Waals surface area contributed by atoms with E-state index in [4.69, 9.17) is 11.6 Å². The predicted molar refractivity (Wildman–Crippen MR) is 100 cm³/mol. The van der Waals surface area contributed by atoms with E-state index in [1.807, 2.05) is 24.3 Å². The Balaban J connectivity index is 1.49. The van der Waals surface area contributed by atoms with Gasteiger partial charge in [-0.3, -0.25) is 5.10 Å². The predicted octanol–water partition coefficient (Wildman–Crippen LogP) is 4.09. The molecule has 0 amide bonds. The van der Waals surface area contributed by atoms with E-state index in [0.717, 1.165) is 11.4 Å². The average molecular weight is 367 g/mol. The summed E-state index contributed by atoms with van der Waals surface area (Å²) in [7, 11) is 0. The van der Waals surface area contributed by atoms with E-state index in [0.29, 0.717) is 39.7 Å². The number of benzene rings is 1. The third-order valence-corrected chi connectivity index (χ3v) is 4.60. The second-order valence-corrected chi connectivity index (χ2v) is 6.62. The van der Waals surface area contributed by atoms with Crippen LogP contribution in [0.15, 0.2) is 36.7 Å². The topological polar surface area (TPSA) is 107 Å². The molecule has 1 saturated carbocycles. The molecule has 4 aromatic rings. The monoisotopic (exact) mass is 366 g/mol. The number of rotatable bonds is 5. The summed E-state index contributed by atoms with van der Waals surface area (Å²) in [5, 5.41) is 14.4. The molecule has 1 aliphatic carbocycles. The van der Waals surface area contributed by atoms with Gasteiger partial charge in [-0.05, 0) is 25.0 Å². The number of hydrogen-bond donors (Lipinski definition) is 4. The highest BCUT2D eigenvalue weighted by Crippen LogP contribution is 2.39. The van der Waals surface area contributed by atoms with E-state index in [1.165, 1.54) is 12.8 Å². The number of nitrogens with zero attached hydrogens (tertiary/aromatic N) is 4. The fourth-order valence-electron chi connectivity index (χ4n) is 2.79. The van der Waals surface area contributed by atoms with Gasteiger partial charge >= 0.3 is 0 Å². The van der Waals surface area contributed by atoms with Crippen molar-refractivity contribution in [1.29, 1.82) is 0 Å². The van der Waals surface area contributed by atoms with Gasteiger partial charge in [0.2, 0.25) is 5.95 Å². The number of hydrogen-bond acceptors (Lipinski definition) is 6. The molecule has 0 spiro atoms. The summed E-state index contributed by atoms with van der Waals surface area (Å²) in [6.07, 6.45) is 4.02. The first kappa shape index (κ1) is 15.2. The lowest BCUT2D eigenvalue weighted by Gasteiger charge is -2.09. The Morgan fingerprint density at radius 2 is 2.00 bits per heavy atom. The first-order valence-corrected chi connectivity index (χ1v) is 8.69. The highest BCUT2D eigenvalue weighted by molar-refractivity contribution is 6.33. The molecule has 130 valence electrons. The number of anilines is 4. The smallest absolute Gasteiger partial charge is 0.231 e. The fourth-order valence-corrected chi connectivity index (χ4v) is 2.97. The Bertz CT molecular complexity index is 1080. The molecule has 0 aliphatic heterocycles. The van der Waals surface area contributed by atoms with Gasteiger partial charge in [0, 0.05) is 17.7 Å². The zero-order valence-corrected chi connectivity index (χ0v) is 14.4. The van der Waals surface area contributed by atoms with Gasteiger partial charge in [-0.25, -0.2) is 4.98 Å². The van der Waals surface area contributed by atoms with Crippen LogP contribution >= 0.6 is 11.6 Å². The van der Waals surface area contributed by atoms with E-state index in [2.05, 4.69) is 40.8 Å². The molecule has 0 radical (unpaired) electrons. The zero-order valence-electron chi connectivity index (χ0n) is 13.6. The molecule has 0 bridgehead atoms. The summed E-state index contributed by atoms with van der Waals surface area (Å²) >= 11 is 6.21. The number of H-pyrrole nitrogens is 2. The minimum atomic E-state index is 0.401. The summed E-state index contributed by atoms with van der Waals surface area (Å²) in [5.41, 5.74) is 3.14. The molecule has 5 rings (SSSR count). The minimum Gasteiger partial charge on any atom is -0.340 e. The minimum absolute atomic E-state index is 0.401.